The number of guanidine groups is 1. The van der Waals surface area contributed by atoms with Gasteiger partial charge in [0.25, 0.3) is 0 Å². The topological polar surface area (TPSA) is 59.6 Å². The third-order valence-electron chi connectivity index (χ3n) is 3.66. The lowest BCUT2D eigenvalue weighted by molar-refractivity contribution is 0.315. The zero-order chi connectivity index (χ0) is 13.7. The van der Waals surface area contributed by atoms with Crippen LogP contribution in [0.2, 0.25) is 0 Å². The summed E-state index contributed by atoms with van der Waals surface area (Å²) in [7, 11) is 1.68. The molecule has 20 heavy (non-hydrogen) atoms. The van der Waals surface area contributed by atoms with E-state index in [-0.39, 0.29) is 24.0 Å². The molecule has 0 radical (unpaired) electrons. The molecule has 0 atom stereocenters. The van der Waals surface area contributed by atoms with Crippen LogP contribution in [0.25, 0.3) is 0 Å². The number of halogens is 1. The van der Waals surface area contributed by atoms with Gasteiger partial charge in [0.1, 0.15) is 5.75 Å². The summed E-state index contributed by atoms with van der Waals surface area (Å²) in [5.74, 6) is 2.17. The number of rotatable bonds is 5. The van der Waals surface area contributed by atoms with Gasteiger partial charge < -0.3 is 15.8 Å². The number of hydrogen-bond donors (Lipinski definition) is 2. The highest BCUT2D eigenvalue weighted by molar-refractivity contribution is 14.0. The Labute approximate surface area is 138 Å². The summed E-state index contributed by atoms with van der Waals surface area (Å²) in [5.41, 5.74) is 8.11. The van der Waals surface area contributed by atoms with Gasteiger partial charge in [0.05, 0.1) is 13.7 Å². The van der Waals surface area contributed by atoms with Crippen LogP contribution in [-0.4, -0.2) is 19.6 Å². The molecule has 0 heterocycles. The van der Waals surface area contributed by atoms with Gasteiger partial charge >= 0.3 is 0 Å². The normalized spacial score (nSPS) is 15.2. The highest BCUT2D eigenvalue weighted by atomic mass is 127. The molecule has 0 unspecified atom stereocenters. The predicted octanol–water partition coefficient (Wildman–Crippen LogP) is 2.83. The van der Waals surface area contributed by atoms with Crippen molar-refractivity contribution in [3.8, 4) is 5.75 Å². The number of nitrogens with two attached hydrogens (primary N) is 1. The zero-order valence-corrected chi connectivity index (χ0v) is 14.5. The number of benzene rings is 1. The molecular formula is C15H24IN3O. The van der Waals surface area contributed by atoms with Crippen molar-refractivity contribution in [1.82, 2.24) is 5.32 Å². The maximum atomic E-state index is 5.87. The van der Waals surface area contributed by atoms with Crippen LogP contribution in [0, 0.1) is 12.8 Å². The number of aryl methyl sites for hydroxylation is 1. The molecule has 5 heteroatoms. The molecule has 112 valence electrons. The summed E-state index contributed by atoms with van der Waals surface area (Å²) in [6.07, 6.45) is 3.97. The molecule has 0 aliphatic heterocycles. The van der Waals surface area contributed by atoms with Crippen LogP contribution in [0.1, 0.15) is 30.4 Å². The molecule has 1 saturated carbocycles. The van der Waals surface area contributed by atoms with Crippen molar-refractivity contribution in [3.63, 3.8) is 0 Å². The van der Waals surface area contributed by atoms with Gasteiger partial charge in [-0.2, -0.15) is 0 Å². The number of hydrogen-bond acceptors (Lipinski definition) is 2. The molecule has 2 rings (SSSR count). The van der Waals surface area contributed by atoms with Crippen molar-refractivity contribution in [2.45, 2.75) is 32.7 Å². The van der Waals surface area contributed by atoms with Crippen LogP contribution in [0.15, 0.2) is 23.2 Å². The van der Waals surface area contributed by atoms with Gasteiger partial charge in [-0.1, -0.05) is 18.6 Å². The van der Waals surface area contributed by atoms with E-state index in [9.17, 15) is 0 Å². The lowest BCUT2D eigenvalue weighted by Crippen LogP contribution is -2.37. The molecule has 3 N–H and O–H groups in total. The van der Waals surface area contributed by atoms with Crippen LogP contribution in [-0.2, 0) is 6.54 Å². The quantitative estimate of drug-likeness (QED) is 0.463. The summed E-state index contributed by atoms with van der Waals surface area (Å²) >= 11 is 0. The average Bonchev–Trinajstić information content (AvgIpc) is 2.35. The molecule has 0 aromatic heterocycles. The first-order valence-corrected chi connectivity index (χ1v) is 6.86. The maximum absolute atomic E-state index is 5.87. The number of ether oxygens (including phenoxy) is 1. The Balaban J connectivity index is 0.00000200. The van der Waals surface area contributed by atoms with E-state index in [1.165, 1.54) is 24.8 Å². The predicted molar refractivity (Wildman–Crippen MR) is 93.8 cm³/mol. The first kappa shape index (κ1) is 17.1. The molecule has 1 fully saturated rings. The van der Waals surface area contributed by atoms with Crippen molar-refractivity contribution in [3.05, 3.63) is 29.3 Å². The summed E-state index contributed by atoms with van der Waals surface area (Å²) in [4.78, 5) is 4.37. The van der Waals surface area contributed by atoms with Gasteiger partial charge in [-0.3, -0.25) is 0 Å². The molecule has 1 aromatic rings. The molecule has 0 amide bonds. The third kappa shape index (κ3) is 4.85. The lowest BCUT2D eigenvalue weighted by Gasteiger charge is -2.25. The standard InChI is InChI=1S/C15H23N3O.HI/c1-11-6-7-13(14(8-11)19-2)10-18-15(16)17-9-12-4-3-5-12;/h6-8,12H,3-5,9-10H2,1-2H3,(H3,16,17,18);1H. The van der Waals surface area contributed by atoms with Crippen molar-refractivity contribution in [2.24, 2.45) is 16.6 Å². The monoisotopic (exact) mass is 389 g/mol. The zero-order valence-electron chi connectivity index (χ0n) is 12.2. The van der Waals surface area contributed by atoms with E-state index >= 15 is 0 Å². The Bertz CT molecular complexity index is 458. The maximum Gasteiger partial charge on any atom is 0.188 e. The molecule has 1 aromatic carbocycles. The molecule has 0 saturated heterocycles. The minimum Gasteiger partial charge on any atom is -0.496 e. The Morgan fingerprint density at radius 3 is 2.80 bits per heavy atom. The van der Waals surface area contributed by atoms with Crippen molar-refractivity contribution in [1.29, 1.82) is 0 Å². The fourth-order valence-corrected chi connectivity index (χ4v) is 2.15. The van der Waals surface area contributed by atoms with Crippen molar-refractivity contribution >= 4 is 29.9 Å². The minimum atomic E-state index is 0. The summed E-state index contributed by atoms with van der Waals surface area (Å²) in [6.45, 7) is 3.54. The highest BCUT2D eigenvalue weighted by Crippen LogP contribution is 2.25. The van der Waals surface area contributed by atoms with E-state index in [1.807, 2.05) is 19.1 Å². The van der Waals surface area contributed by atoms with E-state index in [0.717, 1.165) is 23.8 Å². The summed E-state index contributed by atoms with van der Waals surface area (Å²) in [6, 6.07) is 6.12. The van der Waals surface area contributed by atoms with Gasteiger partial charge in [0.15, 0.2) is 5.96 Å². The molecule has 0 bridgehead atoms. The smallest absolute Gasteiger partial charge is 0.188 e. The molecule has 1 aliphatic carbocycles. The van der Waals surface area contributed by atoms with Crippen LogP contribution in [0.3, 0.4) is 0 Å². The van der Waals surface area contributed by atoms with E-state index in [0.29, 0.717) is 12.5 Å². The Kier molecular flexibility index (Phi) is 7.12. The highest BCUT2D eigenvalue weighted by Gasteiger charge is 2.16. The second kappa shape index (κ2) is 8.34. The average molecular weight is 389 g/mol. The largest absolute Gasteiger partial charge is 0.496 e. The molecular weight excluding hydrogens is 365 g/mol. The Morgan fingerprint density at radius 2 is 2.20 bits per heavy atom. The molecule has 1 aliphatic rings. The van der Waals surface area contributed by atoms with Crippen LogP contribution >= 0.6 is 24.0 Å². The van der Waals surface area contributed by atoms with Gasteiger partial charge in [-0.15, -0.1) is 24.0 Å². The number of methoxy groups -OCH3 is 1. The first-order chi connectivity index (χ1) is 9.19. The number of nitrogens with one attached hydrogen (secondary N) is 1. The lowest BCUT2D eigenvalue weighted by atomic mass is 9.85. The van der Waals surface area contributed by atoms with Crippen molar-refractivity contribution < 1.29 is 4.74 Å². The van der Waals surface area contributed by atoms with Gasteiger partial charge in [0, 0.05) is 12.1 Å². The fraction of sp³-hybridized carbons (Fsp3) is 0.533. The Hall–Kier alpha value is -0.980. The molecule has 0 spiro atoms. The fourth-order valence-electron chi connectivity index (χ4n) is 2.15. The van der Waals surface area contributed by atoms with E-state index in [1.54, 1.807) is 7.11 Å². The minimum absolute atomic E-state index is 0. The van der Waals surface area contributed by atoms with E-state index < -0.39 is 0 Å². The van der Waals surface area contributed by atoms with Gasteiger partial charge in [0.2, 0.25) is 0 Å². The van der Waals surface area contributed by atoms with Crippen molar-refractivity contribution in [2.75, 3.05) is 13.7 Å². The van der Waals surface area contributed by atoms with Gasteiger partial charge in [-0.05, 0) is 37.3 Å². The van der Waals surface area contributed by atoms with E-state index in [2.05, 4.69) is 16.4 Å². The summed E-state index contributed by atoms with van der Waals surface area (Å²) < 4.78 is 5.35. The summed E-state index contributed by atoms with van der Waals surface area (Å²) in [5, 5.41) is 3.19. The Morgan fingerprint density at radius 1 is 1.45 bits per heavy atom. The SMILES string of the molecule is COc1cc(C)ccc1CN=C(N)NCC1CCC1.I. The first-order valence-electron chi connectivity index (χ1n) is 6.86. The molecule has 4 nitrogen and oxygen atoms in total. The van der Waals surface area contributed by atoms with Crippen LogP contribution in [0.4, 0.5) is 0 Å². The second-order valence-corrected chi connectivity index (χ2v) is 5.19. The van der Waals surface area contributed by atoms with E-state index in [4.69, 9.17) is 10.5 Å². The van der Waals surface area contributed by atoms with Gasteiger partial charge in [-0.25, -0.2) is 4.99 Å². The van der Waals surface area contributed by atoms with Crippen LogP contribution in [0.5, 0.6) is 5.75 Å². The number of aliphatic imine (C=N–C) groups is 1. The number of nitrogens with zero attached hydrogens (tertiary/aromatic N) is 1. The van der Waals surface area contributed by atoms with Crippen LogP contribution < -0.4 is 15.8 Å². The second-order valence-electron chi connectivity index (χ2n) is 5.19. The third-order valence-corrected chi connectivity index (χ3v) is 3.66.